The van der Waals surface area contributed by atoms with Crippen LogP contribution in [0.25, 0.3) is 22.7 Å². The van der Waals surface area contributed by atoms with Gasteiger partial charge in [0.2, 0.25) is 0 Å². The summed E-state index contributed by atoms with van der Waals surface area (Å²) in [4.78, 5) is 16.1. The fraction of sp³-hybridized carbons (Fsp3) is 0.115. The van der Waals surface area contributed by atoms with E-state index in [1.807, 2.05) is 78.4 Å². The molecule has 0 aliphatic carbocycles. The first kappa shape index (κ1) is 20.9. The summed E-state index contributed by atoms with van der Waals surface area (Å²) < 4.78 is 12.5. The van der Waals surface area contributed by atoms with E-state index in [1.54, 1.807) is 12.1 Å². The lowest BCUT2D eigenvalue weighted by molar-refractivity contribution is 0.0600. The molecule has 0 aliphatic heterocycles. The highest BCUT2D eigenvalue weighted by Crippen LogP contribution is 2.23. The van der Waals surface area contributed by atoms with Gasteiger partial charge in [0.15, 0.2) is 5.82 Å². The lowest BCUT2D eigenvalue weighted by Crippen LogP contribution is -2.02. The normalized spacial score (nSPS) is 11.2. The Bertz CT molecular complexity index is 1330. The standard InChI is InChI=1S/C26H21N3O3/c1-29-24-6-4-3-5-23(24)28-25(29)21(16-27)15-18-9-13-22(14-10-18)32-17-19-7-11-20(12-8-19)26(30)31-2/h3-15H,17H2,1-2H3/b21-15+. The summed E-state index contributed by atoms with van der Waals surface area (Å²) in [7, 11) is 3.26. The van der Waals surface area contributed by atoms with Gasteiger partial charge in [-0.05, 0) is 53.6 Å². The van der Waals surface area contributed by atoms with Crippen molar-refractivity contribution in [1.82, 2.24) is 9.55 Å². The van der Waals surface area contributed by atoms with Gasteiger partial charge in [-0.2, -0.15) is 5.26 Å². The smallest absolute Gasteiger partial charge is 0.337 e. The summed E-state index contributed by atoms with van der Waals surface area (Å²) in [5.41, 5.74) is 4.64. The number of hydrogen-bond donors (Lipinski definition) is 0. The maximum atomic E-state index is 11.5. The third kappa shape index (κ3) is 4.37. The van der Waals surface area contributed by atoms with Gasteiger partial charge < -0.3 is 14.0 Å². The molecule has 4 aromatic rings. The van der Waals surface area contributed by atoms with Crippen LogP contribution in [0.4, 0.5) is 0 Å². The van der Waals surface area contributed by atoms with Crippen LogP contribution in [-0.2, 0) is 18.4 Å². The quantitative estimate of drug-likeness (QED) is 0.322. The number of methoxy groups -OCH3 is 1. The number of rotatable bonds is 6. The zero-order valence-electron chi connectivity index (χ0n) is 17.8. The Morgan fingerprint density at radius 1 is 1.06 bits per heavy atom. The van der Waals surface area contributed by atoms with Crippen LogP contribution in [0.5, 0.6) is 5.75 Å². The van der Waals surface area contributed by atoms with E-state index in [2.05, 4.69) is 11.1 Å². The zero-order chi connectivity index (χ0) is 22.5. The van der Waals surface area contributed by atoms with Gasteiger partial charge >= 0.3 is 5.97 Å². The number of para-hydroxylation sites is 2. The van der Waals surface area contributed by atoms with Crippen molar-refractivity contribution in [2.75, 3.05) is 7.11 Å². The van der Waals surface area contributed by atoms with Gasteiger partial charge in [0, 0.05) is 7.05 Å². The van der Waals surface area contributed by atoms with Crippen molar-refractivity contribution in [3.8, 4) is 11.8 Å². The molecule has 1 heterocycles. The predicted octanol–water partition coefficient (Wildman–Crippen LogP) is 5.00. The molecule has 0 aliphatic rings. The number of imidazole rings is 1. The first-order valence-electron chi connectivity index (χ1n) is 10.0. The highest BCUT2D eigenvalue weighted by Gasteiger charge is 2.12. The summed E-state index contributed by atoms with van der Waals surface area (Å²) in [6.45, 7) is 0.375. The van der Waals surface area contributed by atoms with E-state index in [1.165, 1.54) is 7.11 Å². The van der Waals surface area contributed by atoms with Gasteiger partial charge in [0.25, 0.3) is 0 Å². The Hall–Kier alpha value is -4.37. The Morgan fingerprint density at radius 3 is 2.44 bits per heavy atom. The number of benzene rings is 3. The summed E-state index contributed by atoms with van der Waals surface area (Å²) >= 11 is 0. The summed E-state index contributed by atoms with van der Waals surface area (Å²) in [5, 5.41) is 9.70. The van der Waals surface area contributed by atoms with E-state index in [0.29, 0.717) is 29.3 Å². The molecule has 3 aromatic carbocycles. The topological polar surface area (TPSA) is 77.1 Å². The van der Waals surface area contributed by atoms with E-state index >= 15 is 0 Å². The van der Waals surface area contributed by atoms with Crippen molar-refractivity contribution >= 4 is 28.7 Å². The van der Waals surface area contributed by atoms with Gasteiger partial charge in [0.1, 0.15) is 18.4 Å². The minimum absolute atomic E-state index is 0.364. The second-order valence-electron chi connectivity index (χ2n) is 7.20. The number of nitrogens with zero attached hydrogens (tertiary/aromatic N) is 3. The first-order valence-corrected chi connectivity index (χ1v) is 10.0. The number of esters is 1. The predicted molar refractivity (Wildman–Crippen MR) is 123 cm³/mol. The molecule has 0 atom stereocenters. The van der Waals surface area contributed by atoms with Gasteiger partial charge in [0.05, 0.1) is 29.3 Å². The maximum absolute atomic E-state index is 11.5. The van der Waals surface area contributed by atoms with Gasteiger partial charge in [-0.1, -0.05) is 36.4 Å². The van der Waals surface area contributed by atoms with Crippen molar-refractivity contribution in [1.29, 1.82) is 5.26 Å². The minimum Gasteiger partial charge on any atom is -0.489 e. The second-order valence-corrected chi connectivity index (χ2v) is 7.20. The number of allylic oxidation sites excluding steroid dienone is 1. The number of aromatic nitrogens is 2. The molecule has 0 saturated heterocycles. The highest BCUT2D eigenvalue weighted by molar-refractivity contribution is 5.91. The molecule has 0 saturated carbocycles. The third-order valence-electron chi connectivity index (χ3n) is 5.12. The number of carbonyl (C=O) groups excluding carboxylic acids is 1. The molecule has 0 fully saturated rings. The molecule has 0 unspecified atom stereocenters. The van der Waals surface area contributed by atoms with Crippen LogP contribution >= 0.6 is 0 Å². The van der Waals surface area contributed by atoms with E-state index in [9.17, 15) is 10.1 Å². The van der Waals surface area contributed by atoms with Crippen LogP contribution in [0.15, 0.2) is 72.8 Å². The molecule has 32 heavy (non-hydrogen) atoms. The summed E-state index contributed by atoms with van der Waals surface area (Å²) in [6, 6.07) is 24.7. The van der Waals surface area contributed by atoms with Crippen molar-refractivity contribution in [3.05, 3.63) is 95.3 Å². The molecule has 1 aromatic heterocycles. The van der Waals surface area contributed by atoms with Crippen molar-refractivity contribution in [3.63, 3.8) is 0 Å². The fourth-order valence-electron chi connectivity index (χ4n) is 3.38. The fourth-order valence-corrected chi connectivity index (χ4v) is 3.38. The Balaban J connectivity index is 1.46. The van der Waals surface area contributed by atoms with E-state index in [0.717, 1.165) is 22.2 Å². The van der Waals surface area contributed by atoms with Gasteiger partial charge in [-0.3, -0.25) is 0 Å². The average Bonchev–Trinajstić information content (AvgIpc) is 3.18. The molecule has 6 nitrogen and oxygen atoms in total. The lowest BCUT2D eigenvalue weighted by atomic mass is 10.1. The molecule has 0 radical (unpaired) electrons. The first-order chi connectivity index (χ1) is 15.6. The molecule has 0 amide bonds. The van der Waals surface area contributed by atoms with E-state index < -0.39 is 0 Å². The minimum atomic E-state index is -0.364. The largest absolute Gasteiger partial charge is 0.489 e. The number of nitriles is 1. The van der Waals surface area contributed by atoms with E-state index in [4.69, 9.17) is 9.47 Å². The number of ether oxygens (including phenoxy) is 2. The number of carbonyl (C=O) groups is 1. The summed E-state index contributed by atoms with van der Waals surface area (Å²) in [6.07, 6.45) is 1.82. The molecule has 158 valence electrons. The molecule has 6 heteroatoms. The van der Waals surface area contributed by atoms with Crippen LogP contribution in [0.3, 0.4) is 0 Å². The Morgan fingerprint density at radius 2 is 1.78 bits per heavy atom. The molecule has 0 spiro atoms. The number of hydrogen-bond acceptors (Lipinski definition) is 5. The average molecular weight is 423 g/mol. The van der Waals surface area contributed by atoms with Crippen molar-refractivity contribution in [2.45, 2.75) is 6.61 Å². The summed E-state index contributed by atoms with van der Waals surface area (Å²) in [5.74, 6) is 0.973. The molecular formula is C26H21N3O3. The Labute approximate surface area is 186 Å². The van der Waals surface area contributed by atoms with Crippen LogP contribution in [-0.4, -0.2) is 22.6 Å². The van der Waals surface area contributed by atoms with Crippen molar-refractivity contribution < 1.29 is 14.3 Å². The monoisotopic (exact) mass is 423 g/mol. The van der Waals surface area contributed by atoms with Crippen LogP contribution in [0.2, 0.25) is 0 Å². The molecule has 0 N–H and O–H groups in total. The van der Waals surface area contributed by atoms with Crippen LogP contribution in [0, 0.1) is 11.3 Å². The number of fused-ring (bicyclic) bond motifs is 1. The Kier molecular flexibility index (Phi) is 6.00. The van der Waals surface area contributed by atoms with Crippen LogP contribution in [0.1, 0.15) is 27.3 Å². The second kappa shape index (κ2) is 9.19. The maximum Gasteiger partial charge on any atom is 0.337 e. The molecule has 4 rings (SSSR count). The lowest BCUT2D eigenvalue weighted by Gasteiger charge is -2.07. The zero-order valence-corrected chi connectivity index (χ0v) is 17.8. The van der Waals surface area contributed by atoms with Gasteiger partial charge in [-0.25, -0.2) is 9.78 Å². The third-order valence-corrected chi connectivity index (χ3v) is 5.12. The molecular weight excluding hydrogens is 402 g/mol. The van der Waals surface area contributed by atoms with E-state index in [-0.39, 0.29) is 5.97 Å². The number of aryl methyl sites for hydroxylation is 1. The highest BCUT2D eigenvalue weighted by atomic mass is 16.5. The molecule has 0 bridgehead atoms. The van der Waals surface area contributed by atoms with Crippen molar-refractivity contribution in [2.24, 2.45) is 7.05 Å². The van der Waals surface area contributed by atoms with Crippen LogP contribution < -0.4 is 4.74 Å². The SMILES string of the molecule is COC(=O)c1ccc(COc2ccc(/C=C(\C#N)c3nc4ccccc4n3C)cc2)cc1. The van der Waals surface area contributed by atoms with Gasteiger partial charge in [-0.15, -0.1) is 0 Å².